The lowest BCUT2D eigenvalue weighted by molar-refractivity contribution is -0.289. The van der Waals surface area contributed by atoms with E-state index in [-0.39, 0.29) is 12.5 Å². The van der Waals surface area contributed by atoms with Gasteiger partial charge < -0.3 is 18.9 Å². The normalized spacial score (nSPS) is 34.4. The zero-order valence-electron chi connectivity index (χ0n) is 18.2. The predicted octanol–water partition coefficient (Wildman–Crippen LogP) is 1.63. The van der Waals surface area contributed by atoms with E-state index in [1.807, 2.05) is 30.3 Å². The lowest BCUT2D eigenvalue weighted by Gasteiger charge is -2.50. The quantitative estimate of drug-likeness (QED) is 0.630. The first kappa shape index (κ1) is 21.0. The summed E-state index contributed by atoms with van der Waals surface area (Å²) in [6.07, 6.45) is -4.08. The van der Waals surface area contributed by atoms with E-state index in [1.54, 1.807) is 20.8 Å². The number of nitrogens with zero attached hydrogens (tertiary/aromatic N) is 3. The maximum atomic E-state index is 13.1. The minimum Gasteiger partial charge on any atom is -0.451 e. The van der Waals surface area contributed by atoms with Crippen molar-refractivity contribution in [3.05, 3.63) is 35.9 Å². The van der Waals surface area contributed by atoms with Crippen molar-refractivity contribution in [1.29, 1.82) is 0 Å². The second-order valence-electron chi connectivity index (χ2n) is 8.69. The number of hydrogen-bond acceptors (Lipinski definition) is 8. The fraction of sp³-hybridized carbons (Fsp3) is 0.571. The van der Waals surface area contributed by atoms with Crippen LogP contribution in [0.4, 0.5) is 9.59 Å². The molecule has 0 N–H and O–H groups in total. The first-order valence-electron chi connectivity index (χ1n) is 10.5. The molecule has 5 fully saturated rings. The van der Waals surface area contributed by atoms with Gasteiger partial charge in [0.15, 0.2) is 5.79 Å². The molecule has 5 aliphatic heterocycles. The van der Waals surface area contributed by atoms with Gasteiger partial charge in [0.2, 0.25) is 12.1 Å². The molecule has 0 unspecified atom stereocenters. The Morgan fingerprint density at radius 1 is 1.06 bits per heavy atom. The van der Waals surface area contributed by atoms with Crippen molar-refractivity contribution >= 4 is 18.1 Å². The third-order valence-corrected chi connectivity index (χ3v) is 6.25. The number of carbonyl (C=O) groups is 3. The van der Waals surface area contributed by atoms with Gasteiger partial charge in [-0.1, -0.05) is 37.3 Å². The van der Waals surface area contributed by atoms with Crippen LogP contribution in [0.5, 0.6) is 0 Å². The molecule has 3 amide bonds. The smallest absolute Gasteiger partial charge is 0.434 e. The van der Waals surface area contributed by atoms with E-state index in [2.05, 4.69) is 0 Å². The second-order valence-corrected chi connectivity index (χ2v) is 8.69. The van der Waals surface area contributed by atoms with Crippen molar-refractivity contribution in [2.45, 2.75) is 63.7 Å². The van der Waals surface area contributed by atoms with Gasteiger partial charge in [-0.2, -0.15) is 10.1 Å². The molecule has 1 aromatic carbocycles. The lowest BCUT2D eigenvalue weighted by Crippen LogP contribution is -2.72. The van der Waals surface area contributed by atoms with Crippen LogP contribution in [0.25, 0.3) is 0 Å². The summed E-state index contributed by atoms with van der Waals surface area (Å²) < 4.78 is 22.6. The molecule has 0 aliphatic carbocycles. The van der Waals surface area contributed by atoms with E-state index in [9.17, 15) is 14.4 Å². The van der Waals surface area contributed by atoms with Crippen molar-refractivity contribution in [3.8, 4) is 0 Å². The average Bonchev–Trinajstić information content (AvgIpc) is 3.00. The number of hydroxylamine groups is 2. The van der Waals surface area contributed by atoms with Crippen LogP contribution < -0.4 is 0 Å². The van der Waals surface area contributed by atoms with Crippen LogP contribution in [0, 0.1) is 5.92 Å². The molecule has 5 saturated heterocycles. The minimum atomic E-state index is -1.16. The van der Waals surface area contributed by atoms with Crippen molar-refractivity contribution in [1.82, 2.24) is 15.1 Å². The van der Waals surface area contributed by atoms with Crippen LogP contribution in [-0.4, -0.2) is 76.6 Å². The van der Waals surface area contributed by atoms with E-state index in [1.165, 1.54) is 12.1 Å². The lowest BCUT2D eigenvalue weighted by atomic mass is 9.82. The molecule has 11 heteroatoms. The molecule has 0 aromatic heterocycles. The molecular weight excluding hydrogens is 422 g/mol. The third kappa shape index (κ3) is 3.03. The Morgan fingerprint density at radius 2 is 1.75 bits per heavy atom. The molecule has 0 saturated carbocycles. The van der Waals surface area contributed by atoms with E-state index in [0.29, 0.717) is 0 Å². The molecule has 0 radical (unpaired) electrons. The Hall–Kier alpha value is -2.89. The summed E-state index contributed by atoms with van der Waals surface area (Å²) in [5.74, 6) is -1.73. The molecule has 32 heavy (non-hydrogen) atoms. The maximum absolute atomic E-state index is 13.1. The zero-order valence-corrected chi connectivity index (χ0v) is 18.2. The van der Waals surface area contributed by atoms with Gasteiger partial charge >= 0.3 is 12.2 Å². The summed E-state index contributed by atoms with van der Waals surface area (Å²) in [5, 5.41) is 3.46. The number of benzene rings is 1. The average molecular weight is 447 g/mol. The second kappa shape index (κ2) is 7.32. The summed E-state index contributed by atoms with van der Waals surface area (Å²) >= 11 is 0. The van der Waals surface area contributed by atoms with E-state index >= 15 is 0 Å². The Kier molecular flexibility index (Phi) is 4.80. The van der Waals surface area contributed by atoms with Crippen LogP contribution in [0.15, 0.2) is 30.3 Å². The molecule has 6 rings (SSSR count). The van der Waals surface area contributed by atoms with Gasteiger partial charge in [0, 0.05) is 0 Å². The molecule has 1 aromatic rings. The van der Waals surface area contributed by atoms with Crippen LogP contribution in [0.1, 0.15) is 26.3 Å². The Balaban J connectivity index is 1.50. The zero-order chi connectivity index (χ0) is 22.8. The van der Waals surface area contributed by atoms with Crippen LogP contribution in [0.3, 0.4) is 0 Å². The van der Waals surface area contributed by atoms with Gasteiger partial charge in [0.25, 0.3) is 0 Å². The van der Waals surface area contributed by atoms with Crippen molar-refractivity contribution < 1.29 is 38.2 Å². The van der Waals surface area contributed by atoms with Crippen LogP contribution in [0.2, 0.25) is 0 Å². The Bertz CT molecular complexity index is 940. The van der Waals surface area contributed by atoms with Gasteiger partial charge in [0.1, 0.15) is 24.9 Å². The van der Waals surface area contributed by atoms with E-state index in [0.717, 1.165) is 15.6 Å². The fourth-order valence-electron chi connectivity index (χ4n) is 4.88. The molecule has 11 nitrogen and oxygen atoms in total. The molecule has 5 aliphatic rings. The number of ether oxygens (including phenoxy) is 4. The van der Waals surface area contributed by atoms with E-state index < -0.39 is 54.4 Å². The highest BCUT2D eigenvalue weighted by molar-refractivity contribution is 5.88. The molecule has 2 bridgehead atoms. The summed E-state index contributed by atoms with van der Waals surface area (Å²) in [5.41, 5.74) is 0.810. The summed E-state index contributed by atoms with van der Waals surface area (Å²) in [6.45, 7) is 5.27. The first-order chi connectivity index (χ1) is 15.2. The number of carbonyl (C=O) groups excluding carboxylic acids is 3. The third-order valence-electron chi connectivity index (χ3n) is 6.25. The van der Waals surface area contributed by atoms with Gasteiger partial charge in [-0.3, -0.25) is 4.79 Å². The molecular formula is C21H25N3O8. The largest absolute Gasteiger partial charge is 0.451 e. The van der Waals surface area contributed by atoms with Gasteiger partial charge in [-0.25, -0.2) is 19.4 Å². The maximum Gasteiger partial charge on any atom is 0.434 e. The Labute approximate surface area is 184 Å². The number of rotatable bonds is 2. The van der Waals surface area contributed by atoms with Gasteiger partial charge in [-0.15, -0.1) is 0 Å². The Morgan fingerprint density at radius 3 is 2.44 bits per heavy atom. The summed E-state index contributed by atoms with van der Waals surface area (Å²) in [6, 6.07) is 7.90. The highest BCUT2D eigenvalue weighted by atomic mass is 16.8. The number of fused-ring (bicyclic) bond motifs is 1. The van der Waals surface area contributed by atoms with Gasteiger partial charge in [0.05, 0.1) is 19.1 Å². The number of hydrogen-bond donors (Lipinski definition) is 0. The predicted molar refractivity (Wildman–Crippen MR) is 105 cm³/mol. The van der Waals surface area contributed by atoms with Crippen LogP contribution >= 0.6 is 0 Å². The fourth-order valence-corrected chi connectivity index (χ4v) is 4.88. The monoisotopic (exact) mass is 447 g/mol. The van der Waals surface area contributed by atoms with Gasteiger partial charge in [-0.05, 0) is 19.4 Å². The topological polar surface area (TPSA) is 107 Å². The van der Waals surface area contributed by atoms with E-state index in [4.69, 9.17) is 23.8 Å². The number of hydrazine groups is 1. The van der Waals surface area contributed by atoms with Crippen molar-refractivity contribution in [2.24, 2.45) is 5.92 Å². The number of amides is 3. The highest BCUT2D eigenvalue weighted by Gasteiger charge is 2.70. The van der Waals surface area contributed by atoms with Crippen molar-refractivity contribution in [3.63, 3.8) is 0 Å². The van der Waals surface area contributed by atoms with Crippen molar-refractivity contribution in [2.75, 3.05) is 7.11 Å². The standard InChI is InChI=1S/C21H25N3O8/c1-11-13-14-15-16(31-21(2,3)30-15)18(23(19(26)28-4)22(13)17(11)25)32-24(14)20(27)29-10-12-8-6-5-7-9-12/h5-9,11,13-16,18H,10H2,1-4H3/t11-,13-,14-,15+,16+,18+/m1/s1. The molecule has 172 valence electrons. The van der Waals surface area contributed by atoms with Crippen LogP contribution in [-0.2, 0) is 35.2 Å². The highest BCUT2D eigenvalue weighted by Crippen LogP contribution is 2.49. The molecule has 6 atom stereocenters. The minimum absolute atomic E-state index is 0.0391. The summed E-state index contributed by atoms with van der Waals surface area (Å²) in [4.78, 5) is 44.5. The number of β-lactam (4-membered cyclic amide) rings is 1. The summed E-state index contributed by atoms with van der Waals surface area (Å²) in [7, 11) is 1.21. The molecule has 5 heterocycles. The first-order valence-corrected chi connectivity index (χ1v) is 10.5. The number of methoxy groups -OCH3 is 1. The SMILES string of the molecule is COC(=O)N1[C@H]2ON(C(=O)OCc3ccccc3)[C@@H]([C@@H]3OC(C)(C)O[C@@H]32)[C@H]2[C@@H](C)C(=O)N21. The molecule has 0 spiro atoms.